The van der Waals surface area contributed by atoms with E-state index in [-0.39, 0.29) is 6.61 Å². The first-order chi connectivity index (χ1) is 6.76. The largest absolute Gasteiger partial charge is 0.392 e. The highest BCUT2D eigenvalue weighted by Crippen LogP contribution is 2.34. The van der Waals surface area contributed by atoms with Crippen LogP contribution in [0, 0.1) is 0 Å². The van der Waals surface area contributed by atoms with Crippen molar-refractivity contribution in [3.63, 3.8) is 0 Å². The number of hydrogen-bond donors (Lipinski definition) is 1. The van der Waals surface area contributed by atoms with Gasteiger partial charge in [-0.15, -0.1) is 11.3 Å². The Hall–Kier alpha value is -0.380. The van der Waals surface area contributed by atoms with Crippen LogP contribution >= 0.6 is 27.3 Å². The molecule has 0 unspecified atom stereocenters. The van der Waals surface area contributed by atoms with Crippen LogP contribution in [0.5, 0.6) is 0 Å². The normalized spacial score (nSPS) is 11.1. The Kier molecular flexibility index (Phi) is 2.91. The number of benzene rings is 1. The predicted octanol–water partition coefficient (Wildman–Crippen LogP) is 3.72. The van der Waals surface area contributed by atoms with Crippen LogP contribution < -0.4 is 0 Å². The van der Waals surface area contributed by atoms with Crippen LogP contribution in [-0.2, 0) is 13.0 Å². The highest BCUT2D eigenvalue weighted by Gasteiger charge is 2.07. The van der Waals surface area contributed by atoms with Crippen molar-refractivity contribution < 1.29 is 5.11 Å². The number of aliphatic hydroxyl groups excluding tert-OH is 1. The molecule has 2 rings (SSSR count). The van der Waals surface area contributed by atoms with Crippen molar-refractivity contribution in [3.05, 3.63) is 33.1 Å². The van der Waals surface area contributed by atoms with Crippen molar-refractivity contribution in [3.8, 4) is 0 Å². The summed E-state index contributed by atoms with van der Waals surface area (Å²) in [5, 5.41) is 10.4. The van der Waals surface area contributed by atoms with Crippen LogP contribution in [0.3, 0.4) is 0 Å². The van der Waals surface area contributed by atoms with Crippen LogP contribution in [0.15, 0.2) is 22.0 Å². The van der Waals surface area contributed by atoms with Gasteiger partial charge in [0.15, 0.2) is 0 Å². The molecule has 1 aromatic carbocycles. The van der Waals surface area contributed by atoms with Crippen molar-refractivity contribution in [1.29, 1.82) is 0 Å². The van der Waals surface area contributed by atoms with Crippen LogP contribution in [0.25, 0.3) is 10.1 Å². The molecule has 3 heteroatoms. The van der Waals surface area contributed by atoms with Crippen molar-refractivity contribution >= 4 is 37.4 Å². The van der Waals surface area contributed by atoms with E-state index in [9.17, 15) is 5.11 Å². The van der Waals surface area contributed by atoms with Gasteiger partial charge in [-0.25, -0.2) is 0 Å². The number of halogens is 1. The fourth-order valence-electron chi connectivity index (χ4n) is 1.62. The summed E-state index contributed by atoms with van der Waals surface area (Å²) in [7, 11) is 0. The molecule has 0 saturated heterocycles. The first-order valence-corrected chi connectivity index (χ1v) is 6.18. The van der Waals surface area contributed by atoms with E-state index in [0.29, 0.717) is 0 Å². The SMILES string of the molecule is CCc1ccc(CO)c2cc(Br)sc12. The molecule has 74 valence electrons. The molecule has 0 aliphatic carbocycles. The van der Waals surface area contributed by atoms with Crippen molar-refractivity contribution in [2.24, 2.45) is 0 Å². The van der Waals surface area contributed by atoms with Gasteiger partial charge in [-0.3, -0.25) is 0 Å². The van der Waals surface area contributed by atoms with Gasteiger partial charge < -0.3 is 5.11 Å². The molecule has 0 radical (unpaired) electrons. The summed E-state index contributed by atoms with van der Waals surface area (Å²) in [6.07, 6.45) is 1.04. The predicted molar refractivity (Wildman–Crippen MR) is 64.8 cm³/mol. The minimum absolute atomic E-state index is 0.115. The zero-order chi connectivity index (χ0) is 10.1. The topological polar surface area (TPSA) is 20.2 Å². The Morgan fingerprint density at radius 3 is 2.71 bits per heavy atom. The van der Waals surface area contributed by atoms with Crippen LogP contribution in [0.4, 0.5) is 0 Å². The smallest absolute Gasteiger partial charge is 0.0711 e. The quantitative estimate of drug-likeness (QED) is 0.882. The summed E-state index contributed by atoms with van der Waals surface area (Å²) in [4.78, 5) is 0. The Balaban J connectivity index is 2.77. The monoisotopic (exact) mass is 270 g/mol. The van der Waals surface area contributed by atoms with E-state index >= 15 is 0 Å². The molecular formula is C11H11BrOS. The molecule has 0 atom stereocenters. The maximum Gasteiger partial charge on any atom is 0.0711 e. The molecule has 14 heavy (non-hydrogen) atoms. The maximum atomic E-state index is 9.20. The fraction of sp³-hybridized carbons (Fsp3) is 0.273. The van der Waals surface area contributed by atoms with E-state index in [1.165, 1.54) is 15.6 Å². The van der Waals surface area contributed by atoms with E-state index in [1.54, 1.807) is 11.3 Å². The summed E-state index contributed by atoms with van der Waals surface area (Å²) in [5.74, 6) is 0. The van der Waals surface area contributed by atoms with Gasteiger partial charge >= 0.3 is 0 Å². The van der Waals surface area contributed by atoms with Gasteiger partial charge in [0.25, 0.3) is 0 Å². The lowest BCUT2D eigenvalue weighted by Gasteiger charge is -2.02. The second-order valence-corrected chi connectivity index (χ2v) is 5.62. The molecule has 0 bridgehead atoms. The lowest BCUT2D eigenvalue weighted by Crippen LogP contribution is -1.86. The van der Waals surface area contributed by atoms with Gasteiger partial charge in [-0.05, 0) is 44.9 Å². The molecule has 1 N–H and O–H groups in total. The molecule has 0 aliphatic rings. The van der Waals surface area contributed by atoms with E-state index in [2.05, 4.69) is 35.0 Å². The molecule has 0 amide bonds. The van der Waals surface area contributed by atoms with E-state index in [4.69, 9.17) is 0 Å². The standard InChI is InChI=1S/C11H11BrOS/c1-2-7-3-4-8(6-13)9-5-10(12)14-11(7)9/h3-5,13H,2,6H2,1H3. The summed E-state index contributed by atoms with van der Waals surface area (Å²) >= 11 is 5.23. The second-order valence-electron chi connectivity index (χ2n) is 3.19. The Morgan fingerprint density at radius 2 is 2.07 bits per heavy atom. The summed E-state index contributed by atoms with van der Waals surface area (Å²) in [5.41, 5.74) is 2.37. The van der Waals surface area contributed by atoms with Crippen molar-refractivity contribution in [1.82, 2.24) is 0 Å². The molecule has 0 spiro atoms. The minimum Gasteiger partial charge on any atom is -0.392 e. The van der Waals surface area contributed by atoms with Crippen molar-refractivity contribution in [2.75, 3.05) is 0 Å². The number of fused-ring (bicyclic) bond motifs is 1. The lowest BCUT2D eigenvalue weighted by atomic mass is 10.1. The molecule has 2 aromatic rings. The van der Waals surface area contributed by atoms with Gasteiger partial charge in [0.1, 0.15) is 0 Å². The number of aliphatic hydroxyl groups is 1. The molecule has 0 saturated carbocycles. The van der Waals surface area contributed by atoms with Crippen LogP contribution in [-0.4, -0.2) is 5.11 Å². The molecule has 0 aliphatic heterocycles. The third-order valence-electron chi connectivity index (χ3n) is 2.38. The molecule has 0 fully saturated rings. The molecular weight excluding hydrogens is 260 g/mol. The summed E-state index contributed by atoms with van der Waals surface area (Å²) < 4.78 is 2.43. The lowest BCUT2D eigenvalue weighted by molar-refractivity contribution is 0.283. The highest BCUT2D eigenvalue weighted by atomic mass is 79.9. The van der Waals surface area contributed by atoms with Gasteiger partial charge in [-0.2, -0.15) is 0 Å². The number of aryl methyl sites for hydroxylation is 1. The van der Waals surface area contributed by atoms with Gasteiger partial charge in [0, 0.05) is 4.70 Å². The molecule has 1 aromatic heterocycles. The summed E-state index contributed by atoms with van der Waals surface area (Å²) in [6, 6.07) is 6.21. The number of hydrogen-bond acceptors (Lipinski definition) is 2. The number of rotatable bonds is 2. The first kappa shape index (κ1) is 10.1. The van der Waals surface area contributed by atoms with E-state index in [0.717, 1.165) is 15.8 Å². The minimum atomic E-state index is 0.115. The van der Waals surface area contributed by atoms with Gasteiger partial charge in [0.05, 0.1) is 10.4 Å². The summed E-state index contributed by atoms with van der Waals surface area (Å²) in [6.45, 7) is 2.27. The van der Waals surface area contributed by atoms with Crippen LogP contribution in [0.2, 0.25) is 0 Å². The maximum absolute atomic E-state index is 9.20. The van der Waals surface area contributed by atoms with E-state index < -0.39 is 0 Å². The van der Waals surface area contributed by atoms with E-state index in [1.807, 2.05) is 6.07 Å². The van der Waals surface area contributed by atoms with Gasteiger partial charge in [-0.1, -0.05) is 19.1 Å². The zero-order valence-electron chi connectivity index (χ0n) is 7.88. The van der Waals surface area contributed by atoms with Crippen LogP contribution in [0.1, 0.15) is 18.1 Å². The molecule has 1 heterocycles. The Morgan fingerprint density at radius 1 is 1.36 bits per heavy atom. The third-order valence-corrected chi connectivity index (χ3v) is 4.09. The third kappa shape index (κ3) is 1.60. The average molecular weight is 271 g/mol. The van der Waals surface area contributed by atoms with Crippen molar-refractivity contribution in [2.45, 2.75) is 20.0 Å². The first-order valence-electron chi connectivity index (χ1n) is 4.57. The van der Waals surface area contributed by atoms with Gasteiger partial charge in [0.2, 0.25) is 0 Å². The zero-order valence-corrected chi connectivity index (χ0v) is 10.3. The fourth-order valence-corrected chi connectivity index (χ4v) is 3.35. The Labute approximate surface area is 95.5 Å². The highest BCUT2D eigenvalue weighted by molar-refractivity contribution is 9.11. The number of thiophene rings is 1. The Bertz CT molecular complexity index is 421. The second kappa shape index (κ2) is 4.01. The molecule has 1 nitrogen and oxygen atoms in total. The average Bonchev–Trinajstić information content (AvgIpc) is 2.57.